The van der Waals surface area contributed by atoms with Gasteiger partial charge in [-0.15, -0.1) is 0 Å². The second-order valence-electron chi connectivity index (χ2n) is 7.62. The predicted molar refractivity (Wildman–Crippen MR) is 130 cm³/mol. The number of anilines is 2. The molecule has 1 aliphatic heterocycles. The Morgan fingerprint density at radius 1 is 1.09 bits per heavy atom. The summed E-state index contributed by atoms with van der Waals surface area (Å²) < 4.78 is 29.2. The zero-order valence-electron chi connectivity index (χ0n) is 18.3. The van der Waals surface area contributed by atoms with Crippen LogP contribution in [0.5, 0.6) is 0 Å². The van der Waals surface area contributed by atoms with Crippen LogP contribution in [0, 0.1) is 5.41 Å². The van der Waals surface area contributed by atoms with Gasteiger partial charge in [-0.1, -0.05) is 42.5 Å². The van der Waals surface area contributed by atoms with E-state index in [1.165, 1.54) is 11.0 Å². The third kappa shape index (κ3) is 5.23. The molecule has 11 nitrogen and oxygen atoms in total. The van der Waals surface area contributed by atoms with Crippen molar-refractivity contribution in [1.82, 2.24) is 5.32 Å². The number of nitrogens with zero attached hydrogens (tertiary/aromatic N) is 1. The fourth-order valence-electron chi connectivity index (χ4n) is 3.64. The van der Waals surface area contributed by atoms with Gasteiger partial charge in [0, 0.05) is 22.5 Å². The zero-order chi connectivity index (χ0) is 25.2. The van der Waals surface area contributed by atoms with Gasteiger partial charge in [0.25, 0.3) is 0 Å². The number of nitrogens with one attached hydrogen (secondary N) is 3. The molecule has 0 spiro atoms. The van der Waals surface area contributed by atoms with Crippen LogP contribution in [0.1, 0.15) is 5.56 Å². The number of hydrogen-bond acceptors (Lipinski definition) is 6. The zero-order valence-corrected chi connectivity index (χ0v) is 19.1. The molecule has 0 aliphatic carbocycles. The standard InChI is InChI=1S/C23H22N6O5S/c24-21(25)15-4-3-5-17(12-15)29-20(13-27-22(29)30)34-23(31)28-16-10-8-14(9-11-16)18-6-1-2-7-19(18)35(26,32)33/h1-12,20H,13H2,(H3,24,25)(H,27,30)(H,28,31)(H2,26,32,33). The predicted octanol–water partition coefficient (Wildman–Crippen LogP) is 2.39. The Hall–Kier alpha value is -4.42. The number of nitrogens with two attached hydrogens (primary N) is 2. The van der Waals surface area contributed by atoms with Crippen molar-refractivity contribution in [3.05, 3.63) is 78.4 Å². The first kappa shape index (κ1) is 23.7. The summed E-state index contributed by atoms with van der Waals surface area (Å²) in [6.45, 7) is 0.0693. The smallest absolute Gasteiger partial charge is 0.413 e. The molecule has 1 heterocycles. The molecular weight excluding hydrogens is 472 g/mol. The summed E-state index contributed by atoms with van der Waals surface area (Å²) >= 11 is 0. The minimum atomic E-state index is -3.91. The number of carbonyl (C=O) groups excluding carboxylic acids is 2. The van der Waals surface area contributed by atoms with Crippen molar-refractivity contribution in [2.45, 2.75) is 11.1 Å². The molecule has 1 unspecified atom stereocenters. The summed E-state index contributed by atoms with van der Waals surface area (Å²) in [7, 11) is -3.91. The number of urea groups is 1. The van der Waals surface area contributed by atoms with E-state index in [2.05, 4.69) is 10.6 Å². The second kappa shape index (κ2) is 9.44. The summed E-state index contributed by atoms with van der Waals surface area (Å²) in [5.41, 5.74) is 7.80. The quantitative estimate of drug-likeness (QED) is 0.259. The highest BCUT2D eigenvalue weighted by molar-refractivity contribution is 7.89. The number of primary sulfonamides is 1. The maximum atomic E-state index is 12.5. The van der Waals surface area contributed by atoms with E-state index < -0.39 is 28.4 Å². The van der Waals surface area contributed by atoms with Gasteiger partial charge in [0.2, 0.25) is 16.3 Å². The molecule has 1 fully saturated rings. The maximum absolute atomic E-state index is 12.5. The van der Waals surface area contributed by atoms with Crippen molar-refractivity contribution < 1.29 is 22.7 Å². The van der Waals surface area contributed by atoms with Crippen molar-refractivity contribution in [1.29, 1.82) is 5.41 Å². The average molecular weight is 495 g/mol. The molecule has 1 saturated heterocycles. The van der Waals surface area contributed by atoms with Gasteiger partial charge in [-0.05, 0) is 35.9 Å². The van der Waals surface area contributed by atoms with Crippen LogP contribution in [0.25, 0.3) is 11.1 Å². The minimum Gasteiger partial charge on any atom is -0.423 e. The molecule has 3 amide bonds. The van der Waals surface area contributed by atoms with Gasteiger partial charge in [0.05, 0.1) is 11.4 Å². The SMILES string of the molecule is N=C(N)c1cccc(N2C(=O)NCC2OC(=O)Nc2ccc(-c3ccccc3S(N)(=O)=O)cc2)c1. The van der Waals surface area contributed by atoms with Crippen LogP contribution in [-0.4, -0.2) is 39.2 Å². The molecule has 0 radical (unpaired) electrons. The number of sulfonamides is 1. The van der Waals surface area contributed by atoms with E-state index in [-0.39, 0.29) is 17.3 Å². The molecule has 180 valence electrons. The number of ether oxygens (including phenoxy) is 1. The Labute approximate surface area is 201 Å². The first-order valence-electron chi connectivity index (χ1n) is 10.3. The maximum Gasteiger partial charge on any atom is 0.413 e. The van der Waals surface area contributed by atoms with E-state index in [4.69, 9.17) is 21.0 Å². The molecular formula is C23H22N6O5S. The van der Waals surface area contributed by atoms with Gasteiger partial charge >= 0.3 is 12.1 Å². The van der Waals surface area contributed by atoms with Crippen LogP contribution >= 0.6 is 0 Å². The number of amidine groups is 1. The van der Waals surface area contributed by atoms with Crippen LogP contribution in [-0.2, 0) is 14.8 Å². The fourth-order valence-corrected chi connectivity index (χ4v) is 4.40. The molecule has 3 aromatic rings. The Kier molecular flexibility index (Phi) is 6.40. The highest BCUT2D eigenvalue weighted by atomic mass is 32.2. The van der Waals surface area contributed by atoms with Gasteiger partial charge in [-0.3, -0.25) is 15.6 Å². The molecule has 0 saturated carbocycles. The average Bonchev–Trinajstić information content (AvgIpc) is 3.18. The molecule has 0 bridgehead atoms. The van der Waals surface area contributed by atoms with E-state index in [0.29, 0.717) is 28.1 Å². The van der Waals surface area contributed by atoms with Crippen LogP contribution in [0.2, 0.25) is 0 Å². The third-order valence-corrected chi connectivity index (χ3v) is 6.22. The lowest BCUT2D eigenvalue weighted by molar-refractivity contribution is 0.122. The van der Waals surface area contributed by atoms with E-state index in [1.54, 1.807) is 66.7 Å². The molecule has 35 heavy (non-hydrogen) atoms. The molecule has 3 aromatic carbocycles. The topological polar surface area (TPSA) is 181 Å². The van der Waals surface area contributed by atoms with E-state index in [9.17, 15) is 18.0 Å². The Balaban J connectivity index is 1.47. The van der Waals surface area contributed by atoms with Crippen molar-refractivity contribution in [2.75, 3.05) is 16.8 Å². The lowest BCUT2D eigenvalue weighted by Crippen LogP contribution is -2.38. The summed E-state index contributed by atoms with van der Waals surface area (Å²) in [6.07, 6.45) is -1.72. The number of nitrogen functional groups attached to an aromatic ring is 1. The summed E-state index contributed by atoms with van der Waals surface area (Å²) in [5, 5.41) is 18.1. The number of benzene rings is 3. The third-order valence-electron chi connectivity index (χ3n) is 5.25. The van der Waals surface area contributed by atoms with Crippen LogP contribution in [0.15, 0.2) is 77.7 Å². The summed E-state index contributed by atoms with van der Waals surface area (Å²) in [4.78, 5) is 26.1. The molecule has 4 rings (SSSR count). The molecule has 12 heteroatoms. The van der Waals surface area contributed by atoms with E-state index in [0.717, 1.165) is 0 Å². The van der Waals surface area contributed by atoms with Crippen LogP contribution in [0.4, 0.5) is 21.0 Å². The van der Waals surface area contributed by atoms with Gasteiger partial charge in [-0.2, -0.15) is 0 Å². The van der Waals surface area contributed by atoms with E-state index in [1.807, 2.05) is 0 Å². The number of amides is 3. The molecule has 1 atom stereocenters. The van der Waals surface area contributed by atoms with Crippen molar-refractivity contribution in [3.8, 4) is 11.1 Å². The normalized spacial score (nSPS) is 15.4. The highest BCUT2D eigenvalue weighted by Crippen LogP contribution is 2.28. The fraction of sp³-hybridized carbons (Fsp3) is 0.0870. The van der Waals surface area contributed by atoms with Gasteiger partial charge in [0.15, 0.2) is 0 Å². The van der Waals surface area contributed by atoms with Crippen molar-refractivity contribution in [3.63, 3.8) is 0 Å². The van der Waals surface area contributed by atoms with Gasteiger partial charge in [0.1, 0.15) is 5.84 Å². The van der Waals surface area contributed by atoms with Crippen molar-refractivity contribution in [2.24, 2.45) is 10.9 Å². The Bertz CT molecular complexity index is 1410. The van der Waals surface area contributed by atoms with Crippen LogP contribution < -0.4 is 26.4 Å². The monoisotopic (exact) mass is 494 g/mol. The molecule has 0 aromatic heterocycles. The first-order chi connectivity index (χ1) is 16.6. The van der Waals surface area contributed by atoms with Gasteiger partial charge < -0.3 is 15.8 Å². The lowest BCUT2D eigenvalue weighted by Gasteiger charge is -2.23. The van der Waals surface area contributed by atoms with Gasteiger partial charge in [-0.25, -0.2) is 23.1 Å². The molecule has 1 aliphatic rings. The van der Waals surface area contributed by atoms with Crippen LogP contribution in [0.3, 0.4) is 0 Å². The Morgan fingerprint density at radius 2 is 1.80 bits per heavy atom. The Morgan fingerprint density at radius 3 is 2.49 bits per heavy atom. The number of rotatable bonds is 6. The number of hydrogen-bond donors (Lipinski definition) is 5. The summed E-state index contributed by atoms with van der Waals surface area (Å²) in [5.74, 6) is -0.156. The second-order valence-corrected chi connectivity index (χ2v) is 9.15. The molecule has 7 N–H and O–H groups in total. The van der Waals surface area contributed by atoms with Crippen molar-refractivity contribution >= 4 is 39.4 Å². The summed E-state index contributed by atoms with van der Waals surface area (Å²) in [6, 6.07) is 18.8. The largest absolute Gasteiger partial charge is 0.423 e. The van der Waals surface area contributed by atoms with E-state index >= 15 is 0 Å². The number of carbonyl (C=O) groups is 2. The lowest BCUT2D eigenvalue weighted by atomic mass is 10.1. The first-order valence-corrected chi connectivity index (χ1v) is 11.9. The highest BCUT2D eigenvalue weighted by Gasteiger charge is 2.35. The minimum absolute atomic E-state index is 0.00699.